The van der Waals surface area contributed by atoms with E-state index in [1.165, 1.54) is 25.7 Å². The highest BCUT2D eigenvalue weighted by Crippen LogP contribution is 2.66. The molecule has 0 aliphatic heterocycles. The predicted molar refractivity (Wildman–Crippen MR) is 139 cm³/mol. The van der Waals surface area contributed by atoms with E-state index in [-0.39, 0.29) is 28.9 Å². The molecule has 0 heterocycles. The molecule has 5 nitrogen and oxygen atoms in total. The van der Waals surface area contributed by atoms with E-state index in [0.29, 0.717) is 35.9 Å². The lowest BCUT2D eigenvalue weighted by atomic mass is 9.44. The fourth-order valence-corrected chi connectivity index (χ4v) is 8.76. The normalized spacial score (nSPS) is 40.6. The van der Waals surface area contributed by atoms with Gasteiger partial charge >= 0.3 is 0 Å². The average Bonchev–Trinajstić information content (AvgIpc) is 3.13. The summed E-state index contributed by atoms with van der Waals surface area (Å²) in [4.78, 5) is 24.3. The van der Waals surface area contributed by atoms with Crippen molar-refractivity contribution in [3.63, 3.8) is 0 Å². The Morgan fingerprint density at radius 1 is 1.06 bits per heavy atom. The molecule has 0 radical (unpaired) electrons. The second-order valence-electron chi connectivity index (χ2n) is 12.9. The molecule has 0 saturated heterocycles. The standard InChI is InChI=1S/C30H51NO4/c1-4-5-8-17-31-27(34)10-7-6-9-18-35-25-20-30(3)24(13-14-26(30)33)23-12-11-21-19-22(32)15-16-29(21,2)28(23)25/h21,23-26,28,33H,4-20H2,1-3H3,(H,31,34)/t21?,23-,24-,25?,26?,28-,29-,30-/m0/s1. The molecule has 200 valence electrons. The Balaban J connectivity index is 1.32. The quantitative estimate of drug-likeness (QED) is 0.359. The van der Waals surface area contributed by atoms with E-state index >= 15 is 0 Å². The summed E-state index contributed by atoms with van der Waals surface area (Å²) >= 11 is 0. The molecule has 0 spiro atoms. The minimum absolute atomic E-state index is 0.0324. The smallest absolute Gasteiger partial charge is 0.219 e. The van der Waals surface area contributed by atoms with Gasteiger partial charge in [-0.3, -0.25) is 9.59 Å². The molecule has 4 aliphatic rings. The third-order valence-corrected chi connectivity index (χ3v) is 10.8. The number of hydrogen-bond donors (Lipinski definition) is 2. The van der Waals surface area contributed by atoms with Crippen LogP contribution in [0, 0.1) is 34.5 Å². The van der Waals surface area contributed by atoms with Gasteiger partial charge in [0.25, 0.3) is 0 Å². The highest BCUT2D eigenvalue weighted by Gasteiger charge is 2.63. The molecule has 5 heteroatoms. The monoisotopic (exact) mass is 489 g/mol. The average molecular weight is 490 g/mol. The van der Waals surface area contributed by atoms with Crippen LogP contribution in [0.25, 0.3) is 0 Å². The Labute approximate surface area is 213 Å². The van der Waals surface area contributed by atoms with Gasteiger partial charge in [-0.15, -0.1) is 0 Å². The van der Waals surface area contributed by atoms with Crippen molar-refractivity contribution in [3.8, 4) is 0 Å². The van der Waals surface area contributed by atoms with Crippen molar-refractivity contribution < 1.29 is 19.4 Å². The molecule has 3 unspecified atom stereocenters. The first-order valence-corrected chi connectivity index (χ1v) is 14.9. The summed E-state index contributed by atoms with van der Waals surface area (Å²) in [5, 5.41) is 14.0. The van der Waals surface area contributed by atoms with Gasteiger partial charge in [0.05, 0.1) is 12.2 Å². The van der Waals surface area contributed by atoms with Gasteiger partial charge in [0.1, 0.15) is 5.78 Å². The number of ether oxygens (including phenoxy) is 1. The Bertz CT molecular complexity index is 740. The minimum atomic E-state index is -0.214. The highest BCUT2D eigenvalue weighted by molar-refractivity contribution is 5.79. The van der Waals surface area contributed by atoms with E-state index in [1.54, 1.807) is 0 Å². The van der Waals surface area contributed by atoms with E-state index in [9.17, 15) is 14.7 Å². The third kappa shape index (κ3) is 5.66. The fraction of sp³-hybridized carbons (Fsp3) is 0.933. The van der Waals surface area contributed by atoms with Crippen molar-refractivity contribution in [1.29, 1.82) is 0 Å². The molecule has 4 saturated carbocycles. The molecular formula is C30H51NO4. The number of amides is 1. The summed E-state index contributed by atoms with van der Waals surface area (Å²) in [5.41, 5.74) is 0.154. The van der Waals surface area contributed by atoms with Crippen molar-refractivity contribution in [2.75, 3.05) is 13.2 Å². The van der Waals surface area contributed by atoms with E-state index in [0.717, 1.165) is 77.4 Å². The summed E-state index contributed by atoms with van der Waals surface area (Å²) in [5.74, 6) is 2.85. The molecule has 1 amide bonds. The first-order chi connectivity index (χ1) is 16.8. The van der Waals surface area contributed by atoms with Crippen molar-refractivity contribution in [2.45, 2.75) is 129 Å². The summed E-state index contributed by atoms with van der Waals surface area (Å²) in [7, 11) is 0. The van der Waals surface area contributed by atoms with Gasteiger partial charge in [-0.25, -0.2) is 0 Å². The lowest BCUT2D eigenvalue weighted by Crippen LogP contribution is -2.60. The maximum atomic E-state index is 12.3. The van der Waals surface area contributed by atoms with Gasteiger partial charge in [-0.1, -0.05) is 40.0 Å². The van der Waals surface area contributed by atoms with Gasteiger partial charge in [-0.2, -0.15) is 0 Å². The highest BCUT2D eigenvalue weighted by atomic mass is 16.5. The van der Waals surface area contributed by atoms with Gasteiger partial charge in [0.15, 0.2) is 0 Å². The van der Waals surface area contributed by atoms with Crippen LogP contribution in [0.1, 0.15) is 117 Å². The maximum absolute atomic E-state index is 12.3. The lowest BCUT2D eigenvalue weighted by molar-refractivity contribution is -0.192. The first kappa shape index (κ1) is 27.1. The molecule has 0 aromatic heterocycles. The third-order valence-electron chi connectivity index (χ3n) is 10.8. The zero-order chi connectivity index (χ0) is 25.1. The van der Waals surface area contributed by atoms with Crippen LogP contribution in [0.3, 0.4) is 0 Å². The molecule has 4 aliphatic carbocycles. The molecule has 0 aromatic rings. The number of carbonyl (C=O) groups excluding carboxylic acids is 2. The molecule has 35 heavy (non-hydrogen) atoms. The number of nitrogens with one attached hydrogen (secondary N) is 1. The number of fused-ring (bicyclic) bond motifs is 5. The summed E-state index contributed by atoms with van der Waals surface area (Å²) in [6, 6.07) is 0. The van der Waals surface area contributed by atoms with E-state index in [1.807, 2.05) is 0 Å². The second-order valence-corrected chi connectivity index (χ2v) is 12.9. The summed E-state index contributed by atoms with van der Waals surface area (Å²) in [6.07, 6.45) is 14.8. The molecule has 2 N–H and O–H groups in total. The molecule has 4 rings (SSSR count). The topological polar surface area (TPSA) is 75.6 Å². The molecule has 0 bridgehead atoms. The molecule has 0 aromatic carbocycles. The van der Waals surface area contributed by atoms with E-state index in [2.05, 4.69) is 26.1 Å². The Morgan fingerprint density at radius 3 is 2.69 bits per heavy atom. The largest absolute Gasteiger partial charge is 0.393 e. The number of carbonyl (C=O) groups is 2. The number of aliphatic hydroxyl groups excluding tert-OH is 1. The van der Waals surface area contributed by atoms with Crippen LogP contribution in [0.15, 0.2) is 0 Å². The van der Waals surface area contributed by atoms with Crippen LogP contribution >= 0.6 is 0 Å². The number of ketones is 1. The van der Waals surface area contributed by atoms with Gasteiger partial charge in [0.2, 0.25) is 5.91 Å². The van der Waals surface area contributed by atoms with E-state index in [4.69, 9.17) is 4.74 Å². The number of hydrogen-bond acceptors (Lipinski definition) is 4. The second kappa shape index (κ2) is 11.6. The van der Waals surface area contributed by atoms with Gasteiger partial charge < -0.3 is 15.2 Å². The number of unbranched alkanes of at least 4 members (excludes halogenated alkanes) is 4. The van der Waals surface area contributed by atoms with Crippen molar-refractivity contribution >= 4 is 11.7 Å². The Kier molecular flexibility index (Phi) is 9.00. The van der Waals surface area contributed by atoms with Crippen LogP contribution in [0.4, 0.5) is 0 Å². The molecule has 8 atom stereocenters. The lowest BCUT2D eigenvalue weighted by Gasteiger charge is -2.62. The Morgan fingerprint density at radius 2 is 1.89 bits per heavy atom. The van der Waals surface area contributed by atoms with Crippen LogP contribution in [0.2, 0.25) is 0 Å². The predicted octanol–water partition coefficient (Wildman–Crippen LogP) is 5.82. The zero-order valence-corrected chi connectivity index (χ0v) is 22.7. The van der Waals surface area contributed by atoms with Gasteiger partial charge in [-0.05, 0) is 92.3 Å². The molecule has 4 fully saturated rings. The van der Waals surface area contributed by atoms with Crippen LogP contribution in [-0.4, -0.2) is 42.2 Å². The Hall–Kier alpha value is -0.940. The first-order valence-electron chi connectivity index (χ1n) is 14.9. The van der Waals surface area contributed by atoms with Crippen molar-refractivity contribution in [3.05, 3.63) is 0 Å². The molecular weight excluding hydrogens is 438 g/mol. The minimum Gasteiger partial charge on any atom is -0.393 e. The van der Waals surface area contributed by atoms with Crippen LogP contribution in [0.5, 0.6) is 0 Å². The number of aliphatic hydroxyl groups is 1. The van der Waals surface area contributed by atoms with E-state index < -0.39 is 0 Å². The van der Waals surface area contributed by atoms with Crippen molar-refractivity contribution in [1.82, 2.24) is 5.32 Å². The number of rotatable bonds is 11. The van der Waals surface area contributed by atoms with Gasteiger partial charge in [0, 0.05) is 32.4 Å². The van der Waals surface area contributed by atoms with Crippen molar-refractivity contribution in [2.24, 2.45) is 34.5 Å². The summed E-state index contributed by atoms with van der Waals surface area (Å²) in [6.45, 7) is 8.50. The SMILES string of the molecule is CCCCCNC(=O)CCCCCOC1C[C@]2(C)C(O)CC[C@H]2[C@@H]2CCC3CC(=O)CC[C@]3(C)[C@H]12. The van der Waals surface area contributed by atoms with Crippen LogP contribution < -0.4 is 5.32 Å². The summed E-state index contributed by atoms with van der Waals surface area (Å²) < 4.78 is 6.72. The zero-order valence-electron chi connectivity index (χ0n) is 22.7. The number of Topliss-reactive ketones (excluding diaryl/α,β-unsaturated/α-hetero) is 1. The maximum Gasteiger partial charge on any atom is 0.219 e. The van der Waals surface area contributed by atoms with Crippen LogP contribution in [-0.2, 0) is 14.3 Å². The fourth-order valence-electron chi connectivity index (χ4n) is 8.76.